The molecule has 0 aromatic heterocycles. The molecule has 7 aromatic carbocycles. The number of hydrogen-bond acceptors (Lipinski definition) is 14. The smallest absolute Gasteiger partial charge is 0.340 e. The molecule has 7 rings (SSSR count). The van der Waals surface area contributed by atoms with E-state index in [9.17, 15) is 38.7 Å². The highest BCUT2D eigenvalue weighted by molar-refractivity contribution is 5.79. The second-order valence-corrected chi connectivity index (χ2v) is 19.6. The molecule has 466 valence electrons. The molecular formula is C66H76O21. The number of carboxylic acid groups (broad SMARTS) is 7. The topological polar surface area (TPSA) is 403 Å². The van der Waals surface area contributed by atoms with Gasteiger partial charge in [-0.25, -0.2) is 4.79 Å². The summed E-state index contributed by atoms with van der Waals surface area (Å²) in [5, 5.41) is 124. The van der Waals surface area contributed by atoms with Crippen LogP contribution in [0.3, 0.4) is 0 Å². The lowest BCUT2D eigenvalue weighted by atomic mass is 9.89. The predicted molar refractivity (Wildman–Crippen MR) is 322 cm³/mol. The molecule has 0 aliphatic carbocycles. The first-order valence-electron chi connectivity index (χ1n) is 26.9. The molecule has 7 aromatic rings. The van der Waals surface area contributed by atoms with Crippen LogP contribution in [-0.4, -0.2) is 113 Å². The van der Waals surface area contributed by atoms with E-state index < -0.39 is 71.1 Å². The van der Waals surface area contributed by atoms with E-state index in [0.29, 0.717) is 35.1 Å². The third kappa shape index (κ3) is 28.6. The van der Waals surface area contributed by atoms with E-state index in [1.165, 1.54) is 73.7 Å². The fraction of sp³-hybridized carbons (Fsp3) is 0.258. The number of aromatic hydroxyl groups is 6. The average Bonchev–Trinajstić information content (AvgIpc) is 3.63. The molecule has 0 saturated heterocycles. The van der Waals surface area contributed by atoms with Crippen molar-refractivity contribution in [2.45, 2.75) is 103 Å². The van der Waals surface area contributed by atoms with E-state index in [0.717, 1.165) is 23.1 Å². The van der Waals surface area contributed by atoms with Gasteiger partial charge in [-0.05, 0) is 133 Å². The highest BCUT2D eigenvalue weighted by atomic mass is 16.4. The van der Waals surface area contributed by atoms with Crippen molar-refractivity contribution in [2.75, 3.05) is 0 Å². The van der Waals surface area contributed by atoms with Gasteiger partial charge in [0.25, 0.3) is 0 Å². The lowest BCUT2D eigenvalue weighted by Crippen LogP contribution is -2.31. The zero-order valence-electron chi connectivity index (χ0n) is 48.8. The Morgan fingerprint density at radius 3 is 1.11 bits per heavy atom. The fourth-order valence-corrected chi connectivity index (χ4v) is 7.59. The zero-order chi connectivity index (χ0) is 66.0. The van der Waals surface area contributed by atoms with Crippen LogP contribution in [0.1, 0.15) is 123 Å². The maximum absolute atomic E-state index is 11.0. The number of hydrogen-bond donors (Lipinski definition) is 14. The van der Waals surface area contributed by atoms with Gasteiger partial charge >= 0.3 is 41.8 Å². The summed E-state index contributed by atoms with van der Waals surface area (Å²) in [4.78, 5) is 74.1. The second kappa shape index (κ2) is 38.4. The molecule has 0 spiro atoms. The second-order valence-electron chi connectivity index (χ2n) is 19.6. The van der Waals surface area contributed by atoms with Gasteiger partial charge in [0.05, 0.1) is 36.5 Å². The first-order chi connectivity index (χ1) is 40.9. The molecular weight excluding hydrogens is 1130 g/mol. The zero-order valence-corrected chi connectivity index (χ0v) is 48.8. The van der Waals surface area contributed by atoms with Crippen LogP contribution in [0.5, 0.6) is 34.5 Å². The van der Waals surface area contributed by atoms with Gasteiger partial charge in [0.15, 0.2) is 5.60 Å². The van der Waals surface area contributed by atoms with Crippen molar-refractivity contribution in [1.82, 2.24) is 0 Å². The minimum atomic E-state index is -1.79. The van der Waals surface area contributed by atoms with Gasteiger partial charge in [-0.2, -0.15) is 0 Å². The summed E-state index contributed by atoms with van der Waals surface area (Å²) in [7, 11) is 0. The number of carbonyl (C=O) groups is 7. The minimum Gasteiger partial charge on any atom is -0.508 e. The number of phenols is 6. The Morgan fingerprint density at radius 2 is 0.782 bits per heavy atom. The predicted octanol–water partition coefficient (Wildman–Crippen LogP) is 11.1. The number of aliphatic carboxylic acids is 7. The molecule has 0 bridgehead atoms. The van der Waals surface area contributed by atoms with Crippen molar-refractivity contribution in [3.05, 3.63) is 215 Å². The first-order valence-corrected chi connectivity index (χ1v) is 26.9. The monoisotopic (exact) mass is 1200 g/mol. The summed E-state index contributed by atoms with van der Waals surface area (Å²) >= 11 is 0. The fourth-order valence-electron chi connectivity index (χ4n) is 7.59. The summed E-state index contributed by atoms with van der Waals surface area (Å²) in [6, 6.07) is 45.9. The number of benzene rings is 7. The maximum Gasteiger partial charge on any atom is 0.340 e. The number of rotatable bonds is 18. The molecule has 14 N–H and O–H groups in total. The van der Waals surface area contributed by atoms with Gasteiger partial charge in [0.2, 0.25) is 0 Å². The van der Waals surface area contributed by atoms with Crippen molar-refractivity contribution in [2.24, 2.45) is 5.92 Å². The molecule has 0 aliphatic heterocycles. The Bertz CT molecular complexity index is 3200. The minimum absolute atomic E-state index is 0.000278. The van der Waals surface area contributed by atoms with Crippen molar-refractivity contribution >= 4 is 41.8 Å². The quantitative estimate of drug-likeness (QED) is 0.0379. The summed E-state index contributed by atoms with van der Waals surface area (Å²) in [6.45, 7) is 10.4. The number of aliphatic hydroxyl groups is 1. The molecule has 0 radical (unpaired) electrons. The van der Waals surface area contributed by atoms with Crippen molar-refractivity contribution in [3.63, 3.8) is 0 Å². The highest BCUT2D eigenvalue weighted by Gasteiger charge is 2.31. The Morgan fingerprint density at radius 1 is 0.414 bits per heavy atom. The molecule has 5 unspecified atom stereocenters. The Hall–Kier alpha value is -10.4. The molecule has 0 amide bonds. The summed E-state index contributed by atoms with van der Waals surface area (Å²) in [5.41, 5.74) is 2.63. The SMILES string of the molecule is CC(C(=O)O)c1ccc(O)cc1.CC(C)C(C(=O)O)c1ccc(O)cc1.CC(O)(C(=O)O)c1ccccc1.CCC(C(=O)O)c1ccc(O)cc1.CCCC(C(=O)O)c1ccc(O)cc1.O=C(O)Cc1ccc(O)cc1.O=C(O)Cc1ccccc1O. The van der Waals surface area contributed by atoms with E-state index in [4.69, 9.17) is 66.4 Å². The van der Waals surface area contributed by atoms with Crippen LogP contribution >= 0.6 is 0 Å². The molecule has 0 saturated carbocycles. The highest BCUT2D eigenvalue weighted by Crippen LogP contribution is 2.27. The lowest BCUT2D eigenvalue weighted by Gasteiger charge is -2.17. The summed E-state index contributed by atoms with van der Waals surface area (Å²) in [6.07, 6.45) is 1.88. The van der Waals surface area contributed by atoms with Gasteiger partial charge in [0, 0.05) is 5.56 Å². The van der Waals surface area contributed by atoms with Crippen LogP contribution in [0, 0.1) is 5.92 Å². The van der Waals surface area contributed by atoms with Crippen LogP contribution in [0.2, 0.25) is 0 Å². The molecule has 21 nitrogen and oxygen atoms in total. The molecule has 5 atom stereocenters. The number of para-hydroxylation sites is 1. The van der Waals surface area contributed by atoms with E-state index in [1.54, 1.807) is 116 Å². The lowest BCUT2D eigenvalue weighted by molar-refractivity contribution is -0.157. The maximum atomic E-state index is 11.0. The molecule has 0 aliphatic rings. The first kappa shape index (κ1) is 74.6. The van der Waals surface area contributed by atoms with E-state index in [1.807, 2.05) is 27.7 Å². The van der Waals surface area contributed by atoms with Gasteiger partial charge in [-0.3, -0.25) is 28.8 Å². The Kier molecular flexibility index (Phi) is 33.0. The average molecular weight is 1210 g/mol. The van der Waals surface area contributed by atoms with Crippen LogP contribution in [0.4, 0.5) is 0 Å². The third-order valence-corrected chi connectivity index (χ3v) is 12.5. The summed E-state index contributed by atoms with van der Waals surface area (Å²) in [5.74, 6) is -7.47. The summed E-state index contributed by atoms with van der Waals surface area (Å²) < 4.78 is 0. The molecule has 21 heteroatoms. The molecule has 0 fully saturated rings. The number of phenolic OH excluding ortho intramolecular Hbond substituents is 6. The van der Waals surface area contributed by atoms with E-state index in [-0.39, 0.29) is 53.3 Å². The largest absolute Gasteiger partial charge is 0.508 e. The van der Waals surface area contributed by atoms with Crippen LogP contribution < -0.4 is 0 Å². The Balaban J connectivity index is 0.000000508. The molecule has 0 heterocycles. The van der Waals surface area contributed by atoms with Crippen LogP contribution in [-0.2, 0) is 52.0 Å². The van der Waals surface area contributed by atoms with Gasteiger partial charge in [-0.1, -0.05) is 143 Å². The standard InChI is InChI=1S/2C11H14O3.C10H12O3.2C9H10O3.2C8H8O3/c1-7(2)10(11(13)14)8-3-5-9(12)6-4-8;1-2-3-10(11(13)14)8-4-6-9(12)7-5-8;1-2-9(10(12)13)7-3-5-8(11)6-4-7;1-6(9(11)12)7-2-4-8(10)5-3-7;1-9(12,8(10)11)7-5-3-2-4-6-7;9-7-3-1-6(2-4-7)5-8(10)11;9-7-4-2-1-3-6(7)5-8(10)11/h3-7,10,12H,1-2H3,(H,13,14);4-7,10,12H,2-3H2,1H3,(H,13,14);3-6,9,11H,2H2,1H3,(H,12,13);2-6,10H,1H3,(H,11,12);2-6,12H,1H3,(H,10,11);2*1-4,9H,5H2,(H,10,11). The van der Waals surface area contributed by atoms with Crippen molar-refractivity contribution in [3.8, 4) is 34.5 Å². The molecule has 87 heavy (non-hydrogen) atoms. The van der Waals surface area contributed by atoms with Crippen molar-refractivity contribution in [1.29, 1.82) is 0 Å². The normalized spacial score (nSPS) is 12.1. The van der Waals surface area contributed by atoms with Crippen LogP contribution in [0.25, 0.3) is 0 Å². The van der Waals surface area contributed by atoms with Crippen LogP contribution in [0.15, 0.2) is 176 Å². The third-order valence-electron chi connectivity index (χ3n) is 12.5. The van der Waals surface area contributed by atoms with Gasteiger partial charge < -0.3 is 71.5 Å². The van der Waals surface area contributed by atoms with E-state index in [2.05, 4.69) is 0 Å². The Labute approximate surface area is 503 Å². The number of carboxylic acids is 7. The van der Waals surface area contributed by atoms with E-state index >= 15 is 0 Å². The van der Waals surface area contributed by atoms with Gasteiger partial charge in [-0.15, -0.1) is 0 Å². The van der Waals surface area contributed by atoms with Crippen molar-refractivity contribution < 1.29 is 105 Å². The van der Waals surface area contributed by atoms with Gasteiger partial charge in [0.1, 0.15) is 34.5 Å².